The van der Waals surface area contributed by atoms with Crippen LogP contribution in [0.3, 0.4) is 0 Å². The van der Waals surface area contributed by atoms with E-state index in [1.807, 2.05) is 24.3 Å². The number of aliphatic hydroxyl groups excluding tert-OH is 1. The molecule has 2 rings (SSSR count). The molecule has 0 radical (unpaired) electrons. The summed E-state index contributed by atoms with van der Waals surface area (Å²) < 4.78 is 5.40. The summed E-state index contributed by atoms with van der Waals surface area (Å²) in [6, 6.07) is 14.3. The summed E-state index contributed by atoms with van der Waals surface area (Å²) in [7, 11) is 1.70. The second-order valence-corrected chi connectivity index (χ2v) is 5.90. The fourth-order valence-electron chi connectivity index (χ4n) is 2.05. The molecular formula is C17H20O2S. The summed E-state index contributed by atoms with van der Waals surface area (Å²) >= 11 is 1.75. The van der Waals surface area contributed by atoms with E-state index in [4.69, 9.17) is 4.74 Å². The van der Waals surface area contributed by atoms with Gasteiger partial charge in [-0.15, -0.1) is 11.8 Å². The zero-order valence-corrected chi connectivity index (χ0v) is 12.9. The molecule has 106 valence electrons. The van der Waals surface area contributed by atoms with Crippen molar-refractivity contribution in [3.63, 3.8) is 0 Å². The van der Waals surface area contributed by atoms with Crippen LogP contribution in [0.1, 0.15) is 29.7 Å². The van der Waals surface area contributed by atoms with Crippen LogP contribution < -0.4 is 4.74 Å². The van der Waals surface area contributed by atoms with Crippen LogP contribution >= 0.6 is 11.8 Å². The Morgan fingerprint density at radius 1 is 1.20 bits per heavy atom. The first-order valence-corrected chi connectivity index (χ1v) is 7.63. The number of rotatable bonds is 5. The first-order valence-electron chi connectivity index (χ1n) is 6.64. The largest absolute Gasteiger partial charge is 0.496 e. The third-order valence-corrected chi connectivity index (χ3v) is 4.21. The van der Waals surface area contributed by atoms with Gasteiger partial charge in [0.15, 0.2) is 0 Å². The van der Waals surface area contributed by atoms with E-state index < -0.39 is 6.10 Å². The van der Waals surface area contributed by atoms with Gasteiger partial charge in [0.25, 0.3) is 0 Å². The van der Waals surface area contributed by atoms with Crippen molar-refractivity contribution in [2.45, 2.75) is 30.6 Å². The van der Waals surface area contributed by atoms with Gasteiger partial charge in [0.2, 0.25) is 0 Å². The molecule has 1 unspecified atom stereocenters. The maximum atomic E-state index is 9.62. The molecule has 2 nitrogen and oxygen atoms in total. The zero-order chi connectivity index (χ0) is 14.5. The van der Waals surface area contributed by atoms with Crippen LogP contribution in [-0.4, -0.2) is 12.2 Å². The van der Waals surface area contributed by atoms with Crippen molar-refractivity contribution in [3.8, 4) is 5.75 Å². The van der Waals surface area contributed by atoms with E-state index in [9.17, 15) is 5.11 Å². The van der Waals surface area contributed by atoms with Gasteiger partial charge in [-0.25, -0.2) is 0 Å². The Morgan fingerprint density at radius 2 is 2.00 bits per heavy atom. The average Bonchev–Trinajstić information content (AvgIpc) is 2.45. The van der Waals surface area contributed by atoms with E-state index in [-0.39, 0.29) is 0 Å². The summed E-state index contributed by atoms with van der Waals surface area (Å²) in [6.07, 6.45) is -0.427. The minimum atomic E-state index is -0.427. The van der Waals surface area contributed by atoms with E-state index >= 15 is 0 Å². The van der Waals surface area contributed by atoms with Crippen LogP contribution in [0.25, 0.3) is 0 Å². The van der Waals surface area contributed by atoms with Crippen LogP contribution in [0.5, 0.6) is 5.75 Å². The normalized spacial score (nSPS) is 12.2. The molecule has 0 aliphatic carbocycles. The first kappa shape index (κ1) is 14.9. The van der Waals surface area contributed by atoms with E-state index in [2.05, 4.69) is 25.1 Å². The SMILES string of the molecule is COc1ccc(C)cc1CSc1cccc(C(C)O)c1. The Bertz CT molecular complexity index is 579. The highest BCUT2D eigenvalue weighted by Crippen LogP contribution is 2.30. The number of benzene rings is 2. The lowest BCUT2D eigenvalue weighted by Gasteiger charge is -2.10. The van der Waals surface area contributed by atoms with Crippen molar-refractivity contribution in [3.05, 3.63) is 59.2 Å². The smallest absolute Gasteiger partial charge is 0.122 e. The standard InChI is InChI=1S/C17H20O2S/c1-12-7-8-17(19-3)15(9-12)11-20-16-6-4-5-14(10-16)13(2)18/h4-10,13,18H,11H2,1-3H3. The van der Waals surface area contributed by atoms with Crippen LogP contribution in [0.15, 0.2) is 47.4 Å². The highest BCUT2D eigenvalue weighted by atomic mass is 32.2. The number of hydrogen-bond donors (Lipinski definition) is 1. The summed E-state index contributed by atoms with van der Waals surface area (Å²) in [6.45, 7) is 3.87. The van der Waals surface area contributed by atoms with Crippen LogP contribution in [-0.2, 0) is 5.75 Å². The number of ether oxygens (including phenoxy) is 1. The molecule has 0 saturated carbocycles. The summed E-state index contributed by atoms with van der Waals surface area (Å²) in [5.74, 6) is 1.78. The maximum absolute atomic E-state index is 9.62. The summed E-state index contributed by atoms with van der Waals surface area (Å²) in [4.78, 5) is 1.16. The molecule has 0 aromatic heterocycles. The quantitative estimate of drug-likeness (QED) is 0.829. The van der Waals surface area contributed by atoms with Crippen molar-refractivity contribution in [2.75, 3.05) is 7.11 Å². The van der Waals surface area contributed by atoms with Gasteiger partial charge in [-0.2, -0.15) is 0 Å². The molecule has 1 N–H and O–H groups in total. The molecule has 0 aliphatic rings. The Hall–Kier alpha value is -1.45. The van der Waals surface area contributed by atoms with Crippen molar-refractivity contribution in [1.82, 2.24) is 0 Å². The van der Waals surface area contributed by atoms with Gasteiger partial charge >= 0.3 is 0 Å². The second-order valence-electron chi connectivity index (χ2n) is 4.85. The third-order valence-electron chi connectivity index (χ3n) is 3.17. The van der Waals surface area contributed by atoms with Gasteiger partial charge in [0.05, 0.1) is 13.2 Å². The van der Waals surface area contributed by atoms with Gasteiger partial charge in [0, 0.05) is 16.2 Å². The van der Waals surface area contributed by atoms with Gasteiger partial charge < -0.3 is 9.84 Å². The average molecular weight is 288 g/mol. The second kappa shape index (κ2) is 6.82. The highest BCUT2D eigenvalue weighted by Gasteiger charge is 2.06. The minimum absolute atomic E-state index is 0.427. The Balaban J connectivity index is 2.12. The Morgan fingerprint density at radius 3 is 2.70 bits per heavy atom. The first-order chi connectivity index (χ1) is 9.60. The van der Waals surface area contributed by atoms with Crippen LogP contribution in [0.2, 0.25) is 0 Å². The van der Waals surface area contributed by atoms with Crippen molar-refractivity contribution in [2.24, 2.45) is 0 Å². The minimum Gasteiger partial charge on any atom is -0.496 e. The van der Waals surface area contributed by atoms with Gasteiger partial charge in [-0.05, 0) is 37.6 Å². The molecule has 0 bridgehead atoms. The number of thioether (sulfide) groups is 1. The van der Waals surface area contributed by atoms with Crippen molar-refractivity contribution in [1.29, 1.82) is 0 Å². The Kier molecular flexibility index (Phi) is 5.10. The maximum Gasteiger partial charge on any atom is 0.122 e. The lowest BCUT2D eigenvalue weighted by Crippen LogP contribution is -1.92. The third kappa shape index (κ3) is 3.78. The molecular weight excluding hydrogens is 268 g/mol. The molecule has 0 spiro atoms. The molecule has 0 heterocycles. The molecule has 1 atom stereocenters. The number of methoxy groups -OCH3 is 1. The van der Waals surface area contributed by atoms with E-state index in [0.717, 1.165) is 22.0 Å². The number of hydrogen-bond acceptors (Lipinski definition) is 3. The van der Waals surface area contributed by atoms with Crippen molar-refractivity contribution < 1.29 is 9.84 Å². The predicted molar refractivity (Wildman–Crippen MR) is 84.4 cm³/mol. The van der Waals surface area contributed by atoms with Crippen LogP contribution in [0, 0.1) is 6.92 Å². The topological polar surface area (TPSA) is 29.5 Å². The lowest BCUT2D eigenvalue weighted by molar-refractivity contribution is 0.199. The van der Waals surface area contributed by atoms with E-state index in [1.54, 1.807) is 25.8 Å². The molecule has 0 fully saturated rings. The molecule has 2 aromatic rings. The number of aliphatic hydroxyl groups is 1. The fraction of sp³-hybridized carbons (Fsp3) is 0.294. The molecule has 3 heteroatoms. The molecule has 0 saturated heterocycles. The van der Waals surface area contributed by atoms with E-state index in [0.29, 0.717) is 0 Å². The number of aryl methyl sites for hydroxylation is 1. The predicted octanol–water partition coefficient (Wildman–Crippen LogP) is 4.35. The van der Waals surface area contributed by atoms with Crippen molar-refractivity contribution >= 4 is 11.8 Å². The lowest BCUT2D eigenvalue weighted by atomic mass is 10.1. The van der Waals surface area contributed by atoms with Gasteiger partial charge in [0.1, 0.15) is 5.75 Å². The molecule has 20 heavy (non-hydrogen) atoms. The fourth-order valence-corrected chi connectivity index (χ4v) is 2.99. The van der Waals surface area contributed by atoms with Crippen LogP contribution in [0.4, 0.5) is 0 Å². The van der Waals surface area contributed by atoms with E-state index in [1.165, 1.54) is 11.1 Å². The monoisotopic (exact) mass is 288 g/mol. The highest BCUT2D eigenvalue weighted by molar-refractivity contribution is 7.98. The molecule has 2 aromatic carbocycles. The zero-order valence-electron chi connectivity index (χ0n) is 12.1. The molecule has 0 amide bonds. The Labute approximate surface area is 124 Å². The molecule has 0 aliphatic heterocycles. The van der Waals surface area contributed by atoms with Gasteiger partial charge in [-0.1, -0.05) is 29.8 Å². The van der Waals surface area contributed by atoms with Gasteiger partial charge in [-0.3, -0.25) is 0 Å². The summed E-state index contributed by atoms with van der Waals surface area (Å²) in [5, 5.41) is 9.62. The summed E-state index contributed by atoms with van der Waals surface area (Å²) in [5.41, 5.74) is 3.38.